The number of aromatic nitrogens is 2. The van der Waals surface area contributed by atoms with E-state index in [-0.39, 0.29) is 29.0 Å². The van der Waals surface area contributed by atoms with E-state index < -0.39 is 0 Å². The zero-order valence-electron chi connectivity index (χ0n) is 21.3. The number of fused-ring (bicyclic) bond motifs is 1. The maximum Gasteiger partial charge on any atom is 0.240 e. The molecule has 0 bridgehead atoms. The van der Waals surface area contributed by atoms with E-state index in [0.29, 0.717) is 18.1 Å². The van der Waals surface area contributed by atoms with Gasteiger partial charge in [-0.05, 0) is 43.3 Å². The van der Waals surface area contributed by atoms with Crippen LogP contribution in [-0.4, -0.2) is 40.4 Å². The molecule has 0 spiro atoms. The largest absolute Gasteiger partial charge is 0.355 e. The lowest BCUT2D eigenvalue weighted by Crippen LogP contribution is -2.42. The smallest absolute Gasteiger partial charge is 0.240 e. The van der Waals surface area contributed by atoms with Gasteiger partial charge in [0.2, 0.25) is 11.8 Å². The number of hydrogen-bond acceptors (Lipinski definition) is 5. The molecule has 1 atom stereocenters. The second-order valence-electron chi connectivity index (χ2n) is 10.1. The van der Waals surface area contributed by atoms with Crippen LogP contribution < -0.4 is 10.2 Å². The van der Waals surface area contributed by atoms with Gasteiger partial charge < -0.3 is 5.32 Å². The van der Waals surface area contributed by atoms with Crippen molar-refractivity contribution >= 4 is 40.7 Å². The Labute approximate surface area is 216 Å². The standard InChI is InChI=1S/C27H34N4O2S2/c1-7-12-28-21(32)15-30-22(33)16-35-24(20-9-8-13-34-20)23-25(27(4,5)6)29-31(26(23)30)19-11-10-17(2)14-18(19)3/h8-11,13-14,24H,7,12,15-16H2,1-6H3,(H,28,32)/t24-/m1/s1. The second kappa shape index (κ2) is 10.2. The van der Waals surface area contributed by atoms with Crippen molar-refractivity contribution < 1.29 is 9.59 Å². The zero-order valence-corrected chi connectivity index (χ0v) is 23.0. The lowest BCUT2D eigenvalue weighted by Gasteiger charge is -2.24. The van der Waals surface area contributed by atoms with Crippen LogP contribution in [0.2, 0.25) is 0 Å². The van der Waals surface area contributed by atoms with Crippen LogP contribution in [-0.2, 0) is 15.0 Å². The molecule has 0 fully saturated rings. The number of aryl methyl sites for hydroxylation is 2. The first-order chi connectivity index (χ1) is 16.6. The number of benzene rings is 1. The average molecular weight is 511 g/mol. The quantitative estimate of drug-likeness (QED) is 0.473. The van der Waals surface area contributed by atoms with Gasteiger partial charge in [0.1, 0.15) is 12.4 Å². The van der Waals surface area contributed by atoms with E-state index in [1.54, 1.807) is 28.0 Å². The first-order valence-electron chi connectivity index (χ1n) is 12.0. The van der Waals surface area contributed by atoms with Gasteiger partial charge in [0.05, 0.1) is 22.4 Å². The molecule has 3 aromatic rings. The first-order valence-corrected chi connectivity index (χ1v) is 14.0. The maximum absolute atomic E-state index is 13.6. The van der Waals surface area contributed by atoms with Crippen molar-refractivity contribution in [3.8, 4) is 5.69 Å². The fourth-order valence-electron chi connectivity index (χ4n) is 4.41. The summed E-state index contributed by atoms with van der Waals surface area (Å²) in [6, 6.07) is 10.4. The summed E-state index contributed by atoms with van der Waals surface area (Å²) in [4.78, 5) is 29.3. The maximum atomic E-state index is 13.6. The fraction of sp³-hybridized carbons (Fsp3) is 0.444. The van der Waals surface area contributed by atoms with E-state index in [2.05, 4.69) is 69.6 Å². The molecule has 6 nitrogen and oxygen atoms in total. The molecule has 4 rings (SSSR count). The molecule has 35 heavy (non-hydrogen) atoms. The van der Waals surface area contributed by atoms with Crippen molar-refractivity contribution in [2.75, 3.05) is 23.7 Å². The number of rotatable bonds is 6. The van der Waals surface area contributed by atoms with Crippen LogP contribution in [0, 0.1) is 13.8 Å². The lowest BCUT2D eigenvalue weighted by molar-refractivity contribution is -0.122. The summed E-state index contributed by atoms with van der Waals surface area (Å²) in [5.41, 5.74) is 4.88. The predicted molar refractivity (Wildman–Crippen MR) is 146 cm³/mol. The number of thioether (sulfide) groups is 1. The summed E-state index contributed by atoms with van der Waals surface area (Å²) in [6.45, 7) is 13.2. The molecule has 1 N–H and O–H groups in total. The first kappa shape index (κ1) is 25.5. The van der Waals surface area contributed by atoms with Crippen LogP contribution in [0.1, 0.15) is 66.6 Å². The minimum Gasteiger partial charge on any atom is -0.355 e. The third kappa shape index (κ3) is 5.19. The van der Waals surface area contributed by atoms with E-state index in [4.69, 9.17) is 5.10 Å². The van der Waals surface area contributed by atoms with Gasteiger partial charge in [0, 0.05) is 22.4 Å². The van der Waals surface area contributed by atoms with E-state index in [1.807, 2.05) is 17.7 Å². The van der Waals surface area contributed by atoms with E-state index in [0.717, 1.165) is 28.9 Å². The molecule has 1 aliphatic rings. The molecule has 8 heteroatoms. The molecule has 0 unspecified atom stereocenters. The summed E-state index contributed by atoms with van der Waals surface area (Å²) < 4.78 is 1.90. The molecule has 3 heterocycles. The summed E-state index contributed by atoms with van der Waals surface area (Å²) >= 11 is 3.31. The lowest BCUT2D eigenvalue weighted by atomic mass is 9.88. The Morgan fingerprint density at radius 1 is 1.23 bits per heavy atom. The topological polar surface area (TPSA) is 67.2 Å². The Morgan fingerprint density at radius 3 is 2.63 bits per heavy atom. The molecule has 186 valence electrons. The molecular weight excluding hydrogens is 476 g/mol. The van der Waals surface area contributed by atoms with Gasteiger partial charge in [-0.25, -0.2) is 4.68 Å². The van der Waals surface area contributed by atoms with Gasteiger partial charge in [0.25, 0.3) is 0 Å². The Hall–Kier alpha value is -2.58. The highest BCUT2D eigenvalue weighted by Crippen LogP contribution is 2.49. The number of thiophene rings is 1. The van der Waals surface area contributed by atoms with Crippen LogP contribution in [0.15, 0.2) is 35.7 Å². The summed E-state index contributed by atoms with van der Waals surface area (Å²) in [5, 5.41) is 10.1. The molecule has 2 amide bonds. The molecule has 0 saturated carbocycles. The summed E-state index contributed by atoms with van der Waals surface area (Å²) in [6.07, 6.45) is 0.843. The fourth-order valence-corrected chi connectivity index (χ4v) is 6.59. The number of carbonyl (C=O) groups excluding carboxylic acids is 2. The zero-order chi connectivity index (χ0) is 25.3. The van der Waals surface area contributed by atoms with Crippen molar-refractivity contribution in [1.29, 1.82) is 0 Å². The van der Waals surface area contributed by atoms with Crippen molar-refractivity contribution in [3.05, 3.63) is 63.0 Å². The van der Waals surface area contributed by atoms with Gasteiger partial charge in [0.15, 0.2) is 0 Å². The van der Waals surface area contributed by atoms with Crippen molar-refractivity contribution in [2.45, 2.75) is 58.6 Å². The van der Waals surface area contributed by atoms with Crippen LogP contribution in [0.5, 0.6) is 0 Å². The SMILES string of the molecule is CCCNC(=O)CN1C(=O)CS[C@H](c2cccs2)c2c(C(C)(C)C)nn(-c3ccc(C)cc3C)c21. The van der Waals surface area contributed by atoms with Gasteiger partial charge in [-0.15, -0.1) is 23.1 Å². The van der Waals surface area contributed by atoms with Crippen LogP contribution >= 0.6 is 23.1 Å². The number of anilines is 1. The van der Waals surface area contributed by atoms with Gasteiger partial charge >= 0.3 is 0 Å². The van der Waals surface area contributed by atoms with Gasteiger partial charge in [-0.1, -0.05) is 51.5 Å². The highest BCUT2D eigenvalue weighted by molar-refractivity contribution is 8.00. The third-order valence-corrected chi connectivity index (χ3v) is 8.38. The molecule has 0 radical (unpaired) electrons. The number of nitrogens with one attached hydrogen (secondary N) is 1. The van der Waals surface area contributed by atoms with Crippen LogP contribution in [0.3, 0.4) is 0 Å². The van der Waals surface area contributed by atoms with Crippen molar-refractivity contribution in [2.24, 2.45) is 0 Å². The summed E-state index contributed by atoms with van der Waals surface area (Å²) in [5.74, 6) is 0.779. The van der Waals surface area contributed by atoms with Crippen molar-refractivity contribution in [1.82, 2.24) is 15.1 Å². The number of nitrogens with zero attached hydrogens (tertiary/aromatic N) is 3. The predicted octanol–water partition coefficient (Wildman–Crippen LogP) is 5.54. The van der Waals surface area contributed by atoms with Crippen molar-refractivity contribution in [3.63, 3.8) is 0 Å². The highest BCUT2D eigenvalue weighted by atomic mass is 32.2. The number of amides is 2. The van der Waals surface area contributed by atoms with E-state index >= 15 is 0 Å². The summed E-state index contributed by atoms with van der Waals surface area (Å²) in [7, 11) is 0. The van der Waals surface area contributed by atoms with E-state index in [9.17, 15) is 9.59 Å². The molecule has 1 aromatic carbocycles. The number of hydrogen-bond donors (Lipinski definition) is 1. The number of carbonyl (C=O) groups is 2. The monoisotopic (exact) mass is 510 g/mol. The Bertz CT molecular complexity index is 1220. The van der Waals surface area contributed by atoms with Gasteiger partial charge in [-0.3, -0.25) is 14.5 Å². The Balaban J connectivity index is 2.00. The molecular formula is C27H34N4O2S2. The second-order valence-corrected chi connectivity index (χ2v) is 12.1. The van der Waals surface area contributed by atoms with E-state index in [1.165, 1.54) is 10.4 Å². The normalized spacial score (nSPS) is 16.2. The third-order valence-electron chi connectivity index (χ3n) is 6.06. The molecule has 1 aliphatic heterocycles. The average Bonchev–Trinajstić information content (AvgIpc) is 3.42. The Morgan fingerprint density at radius 2 is 2.00 bits per heavy atom. The molecule has 0 aliphatic carbocycles. The van der Waals surface area contributed by atoms with Gasteiger partial charge in [-0.2, -0.15) is 5.10 Å². The highest BCUT2D eigenvalue weighted by Gasteiger charge is 2.40. The Kier molecular flexibility index (Phi) is 7.43. The minimum absolute atomic E-state index is 0.0241. The van der Waals surface area contributed by atoms with Crippen LogP contribution in [0.4, 0.5) is 5.82 Å². The minimum atomic E-state index is -0.256. The molecule has 2 aromatic heterocycles. The van der Waals surface area contributed by atoms with Crippen LogP contribution in [0.25, 0.3) is 5.69 Å². The molecule has 0 saturated heterocycles.